The van der Waals surface area contributed by atoms with Crippen LogP contribution in [0.25, 0.3) is 0 Å². The van der Waals surface area contributed by atoms with Crippen LogP contribution in [0.15, 0.2) is 16.6 Å². The van der Waals surface area contributed by atoms with Crippen molar-refractivity contribution in [3.63, 3.8) is 0 Å². The Hall–Kier alpha value is -0.540. The molecule has 1 atom stereocenters. The van der Waals surface area contributed by atoms with E-state index in [1.165, 1.54) is 11.1 Å². The van der Waals surface area contributed by atoms with E-state index in [2.05, 4.69) is 40.3 Å². The molecule has 0 fully saturated rings. The molecule has 0 spiro atoms. The zero-order chi connectivity index (χ0) is 10.1. The molecule has 0 saturated heterocycles. The Morgan fingerprint density at radius 1 is 1.50 bits per heavy atom. The van der Waals surface area contributed by atoms with Crippen molar-refractivity contribution in [1.29, 1.82) is 0 Å². The lowest BCUT2D eigenvalue weighted by atomic mass is 10.0. The van der Waals surface area contributed by atoms with E-state index >= 15 is 0 Å². The third-order valence-corrected chi connectivity index (χ3v) is 3.13. The van der Waals surface area contributed by atoms with Crippen molar-refractivity contribution < 1.29 is 4.74 Å². The Morgan fingerprint density at radius 3 is 3.00 bits per heavy atom. The van der Waals surface area contributed by atoms with Gasteiger partial charge in [0.1, 0.15) is 5.75 Å². The van der Waals surface area contributed by atoms with Crippen LogP contribution in [0, 0.1) is 0 Å². The van der Waals surface area contributed by atoms with Gasteiger partial charge in [0.2, 0.25) is 0 Å². The van der Waals surface area contributed by atoms with E-state index < -0.39 is 0 Å². The zero-order valence-electron chi connectivity index (χ0n) is 8.43. The number of rotatable bonds is 2. The zero-order valence-corrected chi connectivity index (χ0v) is 10.0. The molecule has 2 rings (SSSR count). The van der Waals surface area contributed by atoms with Gasteiger partial charge < -0.3 is 10.1 Å². The molecule has 2 nitrogen and oxygen atoms in total. The van der Waals surface area contributed by atoms with E-state index in [1.807, 2.05) is 7.05 Å². The Kier molecular flexibility index (Phi) is 2.79. The smallest absolute Gasteiger partial charge is 0.127 e. The summed E-state index contributed by atoms with van der Waals surface area (Å²) < 4.78 is 6.78. The molecular formula is C11H14BrNO. The van der Waals surface area contributed by atoms with Gasteiger partial charge in [-0.25, -0.2) is 0 Å². The molecule has 0 aromatic heterocycles. The average molecular weight is 256 g/mol. The fourth-order valence-corrected chi connectivity index (χ4v) is 2.30. The van der Waals surface area contributed by atoms with Crippen LogP contribution in [0.3, 0.4) is 0 Å². The molecule has 1 aliphatic rings. The summed E-state index contributed by atoms with van der Waals surface area (Å²) in [6.45, 7) is 2.96. The fraction of sp³-hybridized carbons (Fsp3) is 0.455. The molecule has 0 saturated carbocycles. The van der Waals surface area contributed by atoms with E-state index in [1.54, 1.807) is 0 Å². The minimum absolute atomic E-state index is 0.333. The minimum Gasteiger partial charge on any atom is -0.493 e. The molecule has 3 heteroatoms. The molecule has 0 radical (unpaired) electrons. The van der Waals surface area contributed by atoms with E-state index in [-0.39, 0.29) is 0 Å². The van der Waals surface area contributed by atoms with Crippen molar-refractivity contribution in [2.75, 3.05) is 13.7 Å². The van der Waals surface area contributed by atoms with Crippen molar-refractivity contribution in [1.82, 2.24) is 5.32 Å². The summed E-state index contributed by atoms with van der Waals surface area (Å²) in [5, 5.41) is 3.24. The molecule has 14 heavy (non-hydrogen) atoms. The van der Waals surface area contributed by atoms with Crippen LogP contribution in [0.4, 0.5) is 0 Å². The van der Waals surface area contributed by atoms with Crippen molar-refractivity contribution in [2.45, 2.75) is 19.4 Å². The summed E-state index contributed by atoms with van der Waals surface area (Å²) in [4.78, 5) is 0. The fourth-order valence-electron chi connectivity index (χ4n) is 1.78. The predicted molar refractivity (Wildman–Crippen MR) is 60.8 cm³/mol. The highest BCUT2D eigenvalue weighted by atomic mass is 79.9. The molecule has 1 heterocycles. The summed E-state index contributed by atoms with van der Waals surface area (Å²) in [7, 11) is 1.97. The second-order valence-electron chi connectivity index (χ2n) is 3.59. The van der Waals surface area contributed by atoms with Crippen molar-refractivity contribution in [3.05, 3.63) is 27.7 Å². The monoisotopic (exact) mass is 255 g/mol. The Labute approximate surface area is 92.8 Å². The van der Waals surface area contributed by atoms with Gasteiger partial charge in [0.15, 0.2) is 0 Å². The van der Waals surface area contributed by atoms with Crippen LogP contribution in [0.1, 0.15) is 24.1 Å². The largest absolute Gasteiger partial charge is 0.493 e. The lowest BCUT2D eigenvalue weighted by Gasteiger charge is -2.15. The number of halogens is 1. The summed E-state index contributed by atoms with van der Waals surface area (Å²) in [6.07, 6.45) is 1.03. The first-order valence-corrected chi connectivity index (χ1v) is 5.64. The molecule has 1 aromatic rings. The second kappa shape index (κ2) is 3.91. The van der Waals surface area contributed by atoms with Crippen molar-refractivity contribution in [3.8, 4) is 5.75 Å². The topological polar surface area (TPSA) is 21.3 Å². The first-order chi connectivity index (χ1) is 6.72. The van der Waals surface area contributed by atoms with Gasteiger partial charge in [-0.1, -0.05) is 15.9 Å². The first-order valence-electron chi connectivity index (χ1n) is 4.84. The maximum atomic E-state index is 5.65. The van der Waals surface area contributed by atoms with E-state index in [4.69, 9.17) is 4.74 Å². The molecular weight excluding hydrogens is 242 g/mol. The average Bonchev–Trinajstić information content (AvgIpc) is 2.62. The van der Waals surface area contributed by atoms with E-state index in [0.29, 0.717) is 6.04 Å². The van der Waals surface area contributed by atoms with E-state index in [0.717, 1.165) is 23.2 Å². The summed E-state index contributed by atoms with van der Waals surface area (Å²) >= 11 is 3.53. The molecule has 1 aliphatic heterocycles. The molecule has 1 aromatic carbocycles. The maximum absolute atomic E-state index is 5.65. The summed E-state index contributed by atoms with van der Waals surface area (Å²) in [5.74, 6) is 1.08. The van der Waals surface area contributed by atoms with Gasteiger partial charge in [-0.15, -0.1) is 0 Å². The van der Waals surface area contributed by atoms with Crippen LogP contribution in [-0.4, -0.2) is 13.7 Å². The minimum atomic E-state index is 0.333. The van der Waals surface area contributed by atoms with Gasteiger partial charge >= 0.3 is 0 Å². The van der Waals surface area contributed by atoms with Gasteiger partial charge in [0.25, 0.3) is 0 Å². The summed E-state index contributed by atoms with van der Waals surface area (Å²) in [6, 6.07) is 4.61. The number of hydrogen-bond acceptors (Lipinski definition) is 2. The Bertz CT molecular complexity index is 351. The molecule has 0 amide bonds. The molecule has 76 valence electrons. The van der Waals surface area contributed by atoms with Crippen molar-refractivity contribution >= 4 is 15.9 Å². The number of nitrogens with one attached hydrogen (secondary N) is 1. The molecule has 1 N–H and O–H groups in total. The quantitative estimate of drug-likeness (QED) is 0.878. The first kappa shape index (κ1) is 9.99. The van der Waals surface area contributed by atoms with Gasteiger partial charge in [0.05, 0.1) is 6.61 Å². The van der Waals surface area contributed by atoms with Crippen LogP contribution in [-0.2, 0) is 6.42 Å². The van der Waals surface area contributed by atoms with Crippen LogP contribution in [0.5, 0.6) is 5.75 Å². The normalized spacial score (nSPS) is 16.2. The predicted octanol–water partition coefficient (Wildman–Crippen LogP) is 2.66. The number of benzene rings is 1. The SMILES string of the molecule is CNC(C)c1cc(Br)cc2c1OCC2. The highest BCUT2D eigenvalue weighted by Gasteiger charge is 2.19. The lowest BCUT2D eigenvalue weighted by Crippen LogP contribution is -2.13. The number of fused-ring (bicyclic) bond motifs is 1. The Balaban J connectivity index is 2.48. The van der Waals surface area contributed by atoms with Gasteiger partial charge in [-0.05, 0) is 31.7 Å². The maximum Gasteiger partial charge on any atom is 0.127 e. The van der Waals surface area contributed by atoms with Crippen LogP contribution < -0.4 is 10.1 Å². The highest BCUT2D eigenvalue weighted by molar-refractivity contribution is 9.10. The van der Waals surface area contributed by atoms with Gasteiger partial charge in [-0.2, -0.15) is 0 Å². The highest BCUT2D eigenvalue weighted by Crippen LogP contribution is 2.36. The van der Waals surface area contributed by atoms with Crippen molar-refractivity contribution in [2.24, 2.45) is 0 Å². The van der Waals surface area contributed by atoms with Gasteiger partial charge in [-0.3, -0.25) is 0 Å². The standard InChI is InChI=1S/C11H14BrNO/c1-7(13-2)10-6-9(12)5-8-3-4-14-11(8)10/h5-7,13H,3-4H2,1-2H3. The summed E-state index contributed by atoms with van der Waals surface area (Å²) in [5.41, 5.74) is 2.56. The number of ether oxygens (including phenoxy) is 1. The Morgan fingerprint density at radius 2 is 2.29 bits per heavy atom. The lowest BCUT2D eigenvalue weighted by molar-refractivity contribution is 0.350. The molecule has 1 unspecified atom stereocenters. The third-order valence-electron chi connectivity index (χ3n) is 2.68. The molecule has 0 bridgehead atoms. The van der Waals surface area contributed by atoms with Gasteiger partial charge in [0, 0.05) is 22.5 Å². The second-order valence-corrected chi connectivity index (χ2v) is 4.51. The van der Waals surface area contributed by atoms with Crippen LogP contribution >= 0.6 is 15.9 Å². The number of hydrogen-bond donors (Lipinski definition) is 1. The van der Waals surface area contributed by atoms with Crippen LogP contribution in [0.2, 0.25) is 0 Å². The molecule has 0 aliphatic carbocycles. The third kappa shape index (κ3) is 1.66. The van der Waals surface area contributed by atoms with E-state index in [9.17, 15) is 0 Å².